The molecule has 1 aliphatic rings. The molecule has 118 valence electrons. The lowest BCUT2D eigenvalue weighted by molar-refractivity contribution is 0.327. The molecule has 21 heavy (non-hydrogen) atoms. The molecule has 0 aliphatic heterocycles. The number of H-pyrrole nitrogens is 1. The first-order valence-corrected chi connectivity index (χ1v) is 7.95. The number of nitrogens with one attached hydrogen (secondary N) is 2. The number of aromatic nitrogens is 2. The van der Waals surface area contributed by atoms with Gasteiger partial charge in [-0.25, -0.2) is 4.79 Å². The number of anilines is 2. The van der Waals surface area contributed by atoms with Gasteiger partial charge in [-0.3, -0.25) is 14.3 Å². The van der Waals surface area contributed by atoms with Crippen LogP contribution in [0.3, 0.4) is 0 Å². The third-order valence-corrected chi connectivity index (χ3v) is 4.40. The third kappa shape index (κ3) is 3.49. The highest BCUT2D eigenvalue weighted by atomic mass is 16.2. The Morgan fingerprint density at radius 2 is 2.10 bits per heavy atom. The van der Waals surface area contributed by atoms with Crippen molar-refractivity contribution in [1.29, 1.82) is 0 Å². The van der Waals surface area contributed by atoms with E-state index in [4.69, 9.17) is 5.73 Å². The first-order valence-electron chi connectivity index (χ1n) is 7.95. The van der Waals surface area contributed by atoms with E-state index in [2.05, 4.69) is 17.2 Å². The molecule has 2 rings (SSSR count). The Morgan fingerprint density at radius 3 is 2.76 bits per heavy atom. The van der Waals surface area contributed by atoms with Crippen LogP contribution in [0, 0.1) is 5.92 Å². The lowest BCUT2D eigenvalue weighted by atomic mass is 9.84. The predicted molar refractivity (Wildman–Crippen MR) is 85.7 cm³/mol. The largest absolute Gasteiger partial charge is 0.383 e. The van der Waals surface area contributed by atoms with E-state index in [0.29, 0.717) is 18.2 Å². The van der Waals surface area contributed by atoms with Gasteiger partial charge in [0.15, 0.2) is 0 Å². The molecule has 4 N–H and O–H groups in total. The molecule has 2 unspecified atom stereocenters. The quantitative estimate of drug-likeness (QED) is 0.773. The number of nitrogens with zero attached hydrogens (tertiary/aromatic N) is 1. The van der Waals surface area contributed by atoms with Crippen molar-refractivity contribution in [2.45, 2.75) is 65.0 Å². The van der Waals surface area contributed by atoms with Gasteiger partial charge in [0.25, 0.3) is 5.56 Å². The molecule has 0 saturated heterocycles. The Labute approximate surface area is 124 Å². The summed E-state index contributed by atoms with van der Waals surface area (Å²) in [6.45, 7) is 4.69. The van der Waals surface area contributed by atoms with Crippen molar-refractivity contribution in [1.82, 2.24) is 9.55 Å². The van der Waals surface area contributed by atoms with Crippen LogP contribution in [0.25, 0.3) is 0 Å². The molecule has 0 radical (unpaired) electrons. The smallest absolute Gasteiger partial charge is 0.330 e. The second-order valence-corrected chi connectivity index (χ2v) is 5.95. The zero-order chi connectivity index (χ0) is 15.4. The standard InChI is InChI=1S/C15H26N4O2/c1-3-8-19-13(16)12(14(20)18-15(19)21)17-11-7-5-6-10(4-2)9-11/h10-11,17H,3-9,16H2,1-2H3,(H,18,20,21). The zero-order valence-electron chi connectivity index (χ0n) is 12.9. The minimum absolute atomic E-state index is 0.254. The summed E-state index contributed by atoms with van der Waals surface area (Å²) < 4.78 is 1.43. The van der Waals surface area contributed by atoms with Crippen molar-refractivity contribution < 1.29 is 0 Å². The van der Waals surface area contributed by atoms with Crippen molar-refractivity contribution in [3.63, 3.8) is 0 Å². The van der Waals surface area contributed by atoms with Gasteiger partial charge in [0, 0.05) is 12.6 Å². The van der Waals surface area contributed by atoms with E-state index in [-0.39, 0.29) is 11.9 Å². The lowest BCUT2D eigenvalue weighted by Gasteiger charge is -2.30. The van der Waals surface area contributed by atoms with Gasteiger partial charge in [-0.2, -0.15) is 0 Å². The van der Waals surface area contributed by atoms with Crippen molar-refractivity contribution >= 4 is 11.5 Å². The Hall–Kier alpha value is -1.72. The van der Waals surface area contributed by atoms with Gasteiger partial charge in [0.05, 0.1) is 0 Å². The maximum Gasteiger partial charge on any atom is 0.330 e. The Kier molecular flexibility index (Phi) is 5.09. The Morgan fingerprint density at radius 1 is 1.33 bits per heavy atom. The maximum atomic E-state index is 12.0. The van der Waals surface area contributed by atoms with Crippen LogP contribution in [0.4, 0.5) is 11.5 Å². The number of nitrogen functional groups attached to an aromatic ring is 1. The molecule has 1 saturated carbocycles. The van der Waals surface area contributed by atoms with Crippen LogP contribution in [-0.2, 0) is 6.54 Å². The SMILES string of the molecule is CCCn1c(N)c(NC2CCCC(CC)C2)c(=O)[nH]c1=O. The highest BCUT2D eigenvalue weighted by Gasteiger charge is 2.23. The molecular formula is C15H26N4O2. The molecule has 0 aromatic carbocycles. The van der Waals surface area contributed by atoms with E-state index in [9.17, 15) is 9.59 Å². The first-order chi connectivity index (χ1) is 10.1. The average molecular weight is 294 g/mol. The molecule has 1 aromatic heterocycles. The van der Waals surface area contributed by atoms with Crippen LogP contribution in [0.1, 0.15) is 52.4 Å². The predicted octanol–water partition coefficient (Wildman–Crippen LogP) is 1.91. The monoisotopic (exact) mass is 294 g/mol. The number of hydrogen-bond acceptors (Lipinski definition) is 4. The van der Waals surface area contributed by atoms with Gasteiger partial charge in [-0.1, -0.05) is 33.1 Å². The summed E-state index contributed by atoms with van der Waals surface area (Å²) in [5.74, 6) is 0.960. The molecule has 1 fully saturated rings. The molecule has 0 amide bonds. The van der Waals surface area contributed by atoms with E-state index in [0.717, 1.165) is 19.3 Å². The Balaban J connectivity index is 2.25. The van der Waals surface area contributed by atoms with Gasteiger partial charge in [0.2, 0.25) is 0 Å². The zero-order valence-corrected chi connectivity index (χ0v) is 12.9. The summed E-state index contributed by atoms with van der Waals surface area (Å²) in [6.07, 6.45) is 6.49. The van der Waals surface area contributed by atoms with Gasteiger partial charge < -0.3 is 11.1 Å². The molecular weight excluding hydrogens is 268 g/mol. The maximum absolute atomic E-state index is 12.0. The number of nitrogens with two attached hydrogens (primary N) is 1. The van der Waals surface area contributed by atoms with Crippen molar-refractivity contribution in [3.05, 3.63) is 20.8 Å². The highest BCUT2D eigenvalue weighted by Crippen LogP contribution is 2.28. The summed E-state index contributed by atoms with van der Waals surface area (Å²) in [7, 11) is 0. The minimum Gasteiger partial charge on any atom is -0.383 e. The molecule has 1 aliphatic carbocycles. The van der Waals surface area contributed by atoms with E-state index >= 15 is 0 Å². The third-order valence-electron chi connectivity index (χ3n) is 4.40. The summed E-state index contributed by atoms with van der Waals surface area (Å²) in [6, 6.07) is 0.264. The molecule has 2 atom stereocenters. The first kappa shape index (κ1) is 15.7. The normalized spacial score (nSPS) is 22.2. The summed E-state index contributed by atoms with van der Waals surface area (Å²) >= 11 is 0. The van der Waals surface area contributed by atoms with Crippen molar-refractivity contribution in [3.8, 4) is 0 Å². The fraction of sp³-hybridized carbons (Fsp3) is 0.733. The number of rotatable bonds is 5. The minimum atomic E-state index is -0.431. The van der Waals surface area contributed by atoms with Gasteiger partial charge >= 0.3 is 5.69 Å². The van der Waals surface area contributed by atoms with E-state index in [1.807, 2.05) is 6.92 Å². The van der Waals surface area contributed by atoms with Crippen LogP contribution in [0.5, 0.6) is 0 Å². The average Bonchev–Trinajstić information content (AvgIpc) is 2.48. The lowest BCUT2D eigenvalue weighted by Crippen LogP contribution is -2.37. The fourth-order valence-electron chi connectivity index (χ4n) is 3.17. The van der Waals surface area contributed by atoms with E-state index in [1.165, 1.54) is 23.8 Å². The second-order valence-electron chi connectivity index (χ2n) is 5.95. The fourth-order valence-corrected chi connectivity index (χ4v) is 3.17. The van der Waals surface area contributed by atoms with Gasteiger partial charge in [0.1, 0.15) is 11.5 Å². The molecule has 6 heteroatoms. The number of hydrogen-bond donors (Lipinski definition) is 3. The van der Waals surface area contributed by atoms with E-state index in [1.54, 1.807) is 0 Å². The molecule has 1 aromatic rings. The summed E-state index contributed by atoms with van der Waals surface area (Å²) in [5, 5.41) is 3.28. The summed E-state index contributed by atoms with van der Waals surface area (Å²) in [5.41, 5.74) is 5.54. The van der Waals surface area contributed by atoms with Crippen LogP contribution < -0.4 is 22.3 Å². The highest BCUT2D eigenvalue weighted by molar-refractivity contribution is 5.60. The summed E-state index contributed by atoms with van der Waals surface area (Å²) in [4.78, 5) is 26.2. The number of aromatic amines is 1. The van der Waals surface area contributed by atoms with Crippen molar-refractivity contribution in [2.24, 2.45) is 5.92 Å². The molecule has 0 spiro atoms. The van der Waals surface area contributed by atoms with Gasteiger partial charge in [-0.05, 0) is 25.2 Å². The molecule has 1 heterocycles. The van der Waals surface area contributed by atoms with Gasteiger partial charge in [-0.15, -0.1) is 0 Å². The Bertz CT molecular complexity index is 590. The van der Waals surface area contributed by atoms with E-state index < -0.39 is 11.2 Å². The van der Waals surface area contributed by atoms with Crippen molar-refractivity contribution in [2.75, 3.05) is 11.1 Å². The van der Waals surface area contributed by atoms with Crippen LogP contribution in [0.2, 0.25) is 0 Å². The van der Waals surface area contributed by atoms with Crippen LogP contribution >= 0.6 is 0 Å². The molecule has 0 bridgehead atoms. The van der Waals surface area contributed by atoms with Crippen LogP contribution in [0.15, 0.2) is 9.59 Å². The molecule has 6 nitrogen and oxygen atoms in total. The topological polar surface area (TPSA) is 92.9 Å². The second kappa shape index (κ2) is 6.83. The van der Waals surface area contributed by atoms with Crippen LogP contribution in [-0.4, -0.2) is 15.6 Å².